The number of carbonyl (C=O) groups is 1. The molecule has 1 aliphatic rings. The molecule has 0 bridgehead atoms. The van der Waals surface area contributed by atoms with Crippen LogP contribution in [0.4, 0.5) is 31.1 Å². The second kappa shape index (κ2) is 11.6. The zero-order valence-electron chi connectivity index (χ0n) is 22.5. The average Bonchev–Trinajstić information content (AvgIpc) is 3.65. The van der Waals surface area contributed by atoms with Crippen molar-refractivity contribution in [3.8, 4) is 22.9 Å². The van der Waals surface area contributed by atoms with E-state index < -0.39 is 49.3 Å². The summed E-state index contributed by atoms with van der Waals surface area (Å²) in [5, 5.41) is 1.67. The molecule has 2 atom stereocenters. The maximum atomic E-state index is 14.5. The van der Waals surface area contributed by atoms with Crippen molar-refractivity contribution in [2.75, 3.05) is 27.4 Å². The van der Waals surface area contributed by atoms with Gasteiger partial charge in [0.2, 0.25) is 5.65 Å². The molecular formula is C25H28F6N6O4. The molecule has 0 aromatic carbocycles. The molecule has 1 saturated carbocycles. The van der Waals surface area contributed by atoms with E-state index in [1.165, 1.54) is 27.3 Å². The van der Waals surface area contributed by atoms with Crippen LogP contribution < -0.4 is 14.8 Å². The maximum absolute atomic E-state index is 14.5. The predicted octanol–water partition coefficient (Wildman–Crippen LogP) is 4.86. The maximum Gasteiger partial charge on any atom is 0.414 e. The Morgan fingerprint density at radius 2 is 1.83 bits per heavy atom. The highest BCUT2D eigenvalue weighted by Crippen LogP contribution is 2.40. The van der Waals surface area contributed by atoms with Gasteiger partial charge < -0.3 is 28.8 Å². The smallest absolute Gasteiger partial charge is 0.414 e. The van der Waals surface area contributed by atoms with Crippen LogP contribution >= 0.6 is 0 Å². The molecule has 0 radical (unpaired) electrons. The molecule has 1 fully saturated rings. The SMILES string of the molecule is CCN(C(=O)NC(COC1CC1)C(F)(F)F)[C@@H](c1cc(-c2cn3cc(C)nc3c(OC)n2)c(OC)cn1)C(F)(F)F. The Labute approximate surface area is 230 Å². The molecule has 3 heterocycles. The molecule has 16 heteroatoms. The number of nitrogens with one attached hydrogen (secondary N) is 1. The van der Waals surface area contributed by atoms with Crippen LogP contribution in [-0.4, -0.2) is 82.2 Å². The summed E-state index contributed by atoms with van der Waals surface area (Å²) in [6, 6.07) is -5.75. The van der Waals surface area contributed by atoms with Gasteiger partial charge in [-0.3, -0.25) is 4.98 Å². The van der Waals surface area contributed by atoms with Crippen molar-refractivity contribution in [1.29, 1.82) is 0 Å². The molecule has 1 aliphatic carbocycles. The minimum Gasteiger partial charge on any atom is -0.494 e. The van der Waals surface area contributed by atoms with Crippen LogP contribution in [0.25, 0.3) is 16.9 Å². The molecule has 2 amide bonds. The van der Waals surface area contributed by atoms with E-state index in [9.17, 15) is 31.1 Å². The van der Waals surface area contributed by atoms with Gasteiger partial charge in [0.05, 0.1) is 50.2 Å². The molecule has 224 valence electrons. The number of nitrogens with zero attached hydrogens (tertiary/aromatic N) is 5. The zero-order valence-corrected chi connectivity index (χ0v) is 22.5. The van der Waals surface area contributed by atoms with Gasteiger partial charge in [-0.1, -0.05) is 0 Å². The third-order valence-corrected chi connectivity index (χ3v) is 6.32. The van der Waals surface area contributed by atoms with Crippen molar-refractivity contribution in [3.05, 3.63) is 36.0 Å². The molecule has 10 nitrogen and oxygen atoms in total. The number of hydrogen-bond donors (Lipinski definition) is 1. The van der Waals surface area contributed by atoms with E-state index in [4.69, 9.17) is 14.2 Å². The molecule has 3 aromatic heterocycles. The highest BCUT2D eigenvalue weighted by Gasteiger charge is 2.49. The number of methoxy groups -OCH3 is 2. The van der Waals surface area contributed by atoms with Gasteiger partial charge in [0, 0.05) is 24.5 Å². The molecule has 0 saturated heterocycles. The third kappa shape index (κ3) is 6.74. The van der Waals surface area contributed by atoms with Gasteiger partial charge in [-0.05, 0) is 32.8 Å². The Hall–Kier alpha value is -3.82. The van der Waals surface area contributed by atoms with E-state index in [2.05, 4.69) is 15.0 Å². The lowest BCUT2D eigenvalue weighted by molar-refractivity contribution is -0.182. The van der Waals surface area contributed by atoms with Crippen molar-refractivity contribution in [1.82, 2.24) is 29.6 Å². The lowest BCUT2D eigenvalue weighted by Gasteiger charge is -2.34. The summed E-state index contributed by atoms with van der Waals surface area (Å²) in [6.07, 6.45) is -5.08. The van der Waals surface area contributed by atoms with Crippen molar-refractivity contribution >= 4 is 11.7 Å². The quantitative estimate of drug-likeness (QED) is 0.337. The van der Waals surface area contributed by atoms with Crippen LogP contribution in [0.2, 0.25) is 0 Å². The normalized spacial score (nSPS) is 15.5. The summed E-state index contributed by atoms with van der Waals surface area (Å²) < 4.78 is 102. The number of aromatic nitrogens is 4. The molecular weight excluding hydrogens is 562 g/mol. The fourth-order valence-electron chi connectivity index (χ4n) is 4.20. The monoisotopic (exact) mass is 590 g/mol. The lowest BCUT2D eigenvalue weighted by atomic mass is 10.1. The van der Waals surface area contributed by atoms with Gasteiger partial charge in [0.1, 0.15) is 11.8 Å². The molecule has 41 heavy (non-hydrogen) atoms. The van der Waals surface area contributed by atoms with Crippen LogP contribution in [0, 0.1) is 6.92 Å². The fraction of sp³-hybridized carbons (Fsp3) is 0.520. The first kappa shape index (κ1) is 30.1. The summed E-state index contributed by atoms with van der Waals surface area (Å²) in [5.41, 5.74) is 0.543. The number of aryl methyl sites for hydroxylation is 1. The zero-order chi connectivity index (χ0) is 30.1. The Bertz CT molecular complexity index is 1390. The topological polar surface area (TPSA) is 103 Å². The standard InChI is InChI=1S/C25H28F6N6O4/c1-5-37(23(38)35-19(24(26,27)28)12-41-14-6-7-14)20(25(29,30)31)16-8-15(18(39-3)9-32-16)17-11-36-10-13(2)33-21(36)22(34-17)40-4/h8-11,14,19-20H,5-7,12H2,1-4H3,(H,35,38)/t19?,20-/m0/s1. The van der Waals surface area contributed by atoms with Crippen molar-refractivity contribution in [2.45, 2.75) is 57.2 Å². The van der Waals surface area contributed by atoms with E-state index >= 15 is 0 Å². The summed E-state index contributed by atoms with van der Waals surface area (Å²) in [4.78, 5) is 25.7. The number of imidazole rings is 1. The number of alkyl halides is 6. The lowest BCUT2D eigenvalue weighted by Crippen LogP contribution is -2.55. The molecule has 4 rings (SSSR count). The first-order valence-corrected chi connectivity index (χ1v) is 12.5. The summed E-state index contributed by atoms with van der Waals surface area (Å²) in [7, 11) is 2.64. The fourth-order valence-corrected chi connectivity index (χ4v) is 4.20. The van der Waals surface area contributed by atoms with Crippen LogP contribution in [0.5, 0.6) is 11.6 Å². The number of rotatable bonds is 10. The highest BCUT2D eigenvalue weighted by molar-refractivity contribution is 5.76. The van der Waals surface area contributed by atoms with Crippen LogP contribution in [-0.2, 0) is 4.74 Å². The Kier molecular flexibility index (Phi) is 8.52. The summed E-state index contributed by atoms with van der Waals surface area (Å²) in [5.74, 6) is 0.145. The number of ether oxygens (including phenoxy) is 3. The molecule has 1 unspecified atom stereocenters. The minimum absolute atomic E-state index is 0.0577. The Balaban J connectivity index is 1.73. The van der Waals surface area contributed by atoms with Crippen LogP contribution in [0.1, 0.15) is 37.2 Å². The first-order valence-electron chi connectivity index (χ1n) is 12.5. The number of carbonyl (C=O) groups excluding carboxylic acids is 1. The number of hydrogen-bond acceptors (Lipinski definition) is 7. The molecule has 0 aliphatic heterocycles. The number of pyridine rings is 1. The van der Waals surface area contributed by atoms with Crippen LogP contribution in [0.3, 0.4) is 0 Å². The summed E-state index contributed by atoms with van der Waals surface area (Å²) >= 11 is 0. The predicted molar refractivity (Wildman–Crippen MR) is 133 cm³/mol. The summed E-state index contributed by atoms with van der Waals surface area (Å²) in [6.45, 7) is 1.45. The first-order chi connectivity index (χ1) is 19.3. The number of halogens is 6. The van der Waals surface area contributed by atoms with E-state index in [0.717, 1.165) is 12.3 Å². The van der Waals surface area contributed by atoms with Gasteiger partial charge in [0.15, 0.2) is 6.04 Å². The van der Waals surface area contributed by atoms with Crippen molar-refractivity contribution in [3.63, 3.8) is 0 Å². The van der Waals surface area contributed by atoms with Gasteiger partial charge in [-0.2, -0.15) is 26.3 Å². The van der Waals surface area contributed by atoms with Gasteiger partial charge >= 0.3 is 18.4 Å². The number of amides is 2. The third-order valence-electron chi connectivity index (χ3n) is 6.32. The van der Waals surface area contributed by atoms with Gasteiger partial charge in [-0.15, -0.1) is 0 Å². The number of urea groups is 1. The van der Waals surface area contributed by atoms with Gasteiger partial charge in [0.25, 0.3) is 5.88 Å². The van der Waals surface area contributed by atoms with E-state index in [1.807, 2.05) is 0 Å². The highest BCUT2D eigenvalue weighted by atomic mass is 19.4. The van der Waals surface area contributed by atoms with E-state index in [0.29, 0.717) is 24.2 Å². The van der Waals surface area contributed by atoms with Crippen molar-refractivity contribution < 1.29 is 45.3 Å². The molecule has 3 aromatic rings. The van der Waals surface area contributed by atoms with Gasteiger partial charge in [-0.25, -0.2) is 14.8 Å². The Morgan fingerprint density at radius 1 is 1.12 bits per heavy atom. The van der Waals surface area contributed by atoms with E-state index in [1.54, 1.807) is 22.8 Å². The molecule has 1 N–H and O–H groups in total. The second-order valence-corrected chi connectivity index (χ2v) is 9.36. The average molecular weight is 591 g/mol. The number of fused-ring (bicyclic) bond motifs is 1. The largest absolute Gasteiger partial charge is 0.494 e. The second-order valence-electron chi connectivity index (χ2n) is 9.36. The van der Waals surface area contributed by atoms with Crippen molar-refractivity contribution in [2.24, 2.45) is 0 Å². The Morgan fingerprint density at radius 3 is 2.39 bits per heavy atom. The van der Waals surface area contributed by atoms with Crippen LogP contribution in [0.15, 0.2) is 24.7 Å². The minimum atomic E-state index is -5.11. The molecule has 0 spiro atoms. The van der Waals surface area contributed by atoms with E-state index in [-0.39, 0.29) is 33.9 Å².